The summed E-state index contributed by atoms with van der Waals surface area (Å²) in [6.07, 6.45) is 2.77. The van der Waals surface area contributed by atoms with Crippen molar-refractivity contribution in [3.05, 3.63) is 47.8 Å². The topological polar surface area (TPSA) is 56.7 Å². The van der Waals surface area contributed by atoms with Crippen molar-refractivity contribution in [2.75, 3.05) is 6.54 Å². The largest absolute Gasteiger partial charge is 0.329 e. The second-order valence-electron chi connectivity index (χ2n) is 3.42. The van der Waals surface area contributed by atoms with Gasteiger partial charge in [0.25, 0.3) is 0 Å². The minimum absolute atomic E-state index is 0.591. The highest BCUT2D eigenvalue weighted by atomic mass is 15.4. The van der Waals surface area contributed by atoms with Gasteiger partial charge in [0.05, 0.1) is 12.2 Å². The van der Waals surface area contributed by atoms with Crippen LogP contribution in [0, 0.1) is 0 Å². The van der Waals surface area contributed by atoms with E-state index in [9.17, 15) is 0 Å². The zero-order valence-corrected chi connectivity index (χ0v) is 8.50. The predicted molar refractivity (Wildman–Crippen MR) is 58.3 cm³/mol. The Morgan fingerprint density at radius 1 is 1.20 bits per heavy atom. The molecule has 4 nitrogen and oxygen atoms in total. The molecule has 1 heterocycles. The predicted octanol–water partition coefficient (Wildman–Crippen LogP) is 0.828. The van der Waals surface area contributed by atoms with Crippen LogP contribution in [0.15, 0.2) is 36.5 Å². The lowest BCUT2D eigenvalue weighted by Crippen LogP contribution is -2.10. The van der Waals surface area contributed by atoms with E-state index in [1.807, 2.05) is 24.4 Å². The van der Waals surface area contributed by atoms with E-state index >= 15 is 0 Å². The van der Waals surface area contributed by atoms with Crippen LogP contribution in [0.2, 0.25) is 0 Å². The third-order valence-corrected chi connectivity index (χ3v) is 2.17. The number of hydrogen-bond acceptors (Lipinski definition) is 3. The van der Waals surface area contributed by atoms with Crippen LogP contribution < -0.4 is 5.73 Å². The van der Waals surface area contributed by atoms with Gasteiger partial charge in [0.1, 0.15) is 0 Å². The van der Waals surface area contributed by atoms with E-state index in [-0.39, 0.29) is 0 Å². The molecule has 2 N–H and O–H groups in total. The quantitative estimate of drug-likeness (QED) is 0.798. The molecule has 15 heavy (non-hydrogen) atoms. The lowest BCUT2D eigenvalue weighted by molar-refractivity contribution is 0.598. The van der Waals surface area contributed by atoms with Gasteiger partial charge in [-0.15, -0.1) is 5.10 Å². The summed E-state index contributed by atoms with van der Waals surface area (Å²) in [5.74, 6) is 0. The van der Waals surface area contributed by atoms with Crippen LogP contribution >= 0.6 is 0 Å². The summed E-state index contributed by atoms with van der Waals surface area (Å²) in [7, 11) is 0. The SMILES string of the molecule is NCCn1cc(Cc2ccccc2)nn1. The zero-order valence-electron chi connectivity index (χ0n) is 8.50. The number of benzene rings is 1. The van der Waals surface area contributed by atoms with Gasteiger partial charge in [0.2, 0.25) is 0 Å². The third-order valence-electron chi connectivity index (χ3n) is 2.17. The third kappa shape index (κ3) is 2.63. The van der Waals surface area contributed by atoms with Gasteiger partial charge in [-0.2, -0.15) is 0 Å². The van der Waals surface area contributed by atoms with E-state index < -0.39 is 0 Å². The molecule has 2 rings (SSSR count). The Kier molecular flexibility index (Phi) is 3.09. The second kappa shape index (κ2) is 4.70. The maximum absolute atomic E-state index is 5.43. The van der Waals surface area contributed by atoms with Gasteiger partial charge in [-0.3, -0.25) is 4.68 Å². The summed E-state index contributed by atoms with van der Waals surface area (Å²) in [5, 5.41) is 8.08. The van der Waals surface area contributed by atoms with Gasteiger partial charge in [0, 0.05) is 19.2 Å². The maximum Gasteiger partial charge on any atom is 0.0870 e. The number of hydrogen-bond donors (Lipinski definition) is 1. The van der Waals surface area contributed by atoms with Crippen LogP contribution in [0.3, 0.4) is 0 Å². The molecule has 0 spiro atoms. The Labute approximate surface area is 88.7 Å². The first kappa shape index (κ1) is 9.86. The lowest BCUT2D eigenvalue weighted by atomic mass is 10.1. The van der Waals surface area contributed by atoms with E-state index in [0.29, 0.717) is 6.54 Å². The van der Waals surface area contributed by atoms with E-state index in [1.54, 1.807) is 4.68 Å². The standard InChI is InChI=1S/C11H14N4/c12-6-7-15-9-11(13-14-15)8-10-4-2-1-3-5-10/h1-5,9H,6-8,12H2. The van der Waals surface area contributed by atoms with E-state index in [4.69, 9.17) is 5.73 Å². The fourth-order valence-corrected chi connectivity index (χ4v) is 1.47. The molecule has 0 saturated heterocycles. The number of aromatic nitrogens is 3. The Balaban J connectivity index is 2.05. The van der Waals surface area contributed by atoms with Crippen molar-refractivity contribution in [3.8, 4) is 0 Å². The Bertz CT molecular complexity index is 408. The Morgan fingerprint density at radius 3 is 2.73 bits per heavy atom. The van der Waals surface area contributed by atoms with Gasteiger partial charge in [-0.05, 0) is 5.56 Å². The van der Waals surface area contributed by atoms with E-state index in [1.165, 1.54) is 5.56 Å². The second-order valence-corrected chi connectivity index (χ2v) is 3.42. The van der Waals surface area contributed by atoms with Crippen LogP contribution in [-0.4, -0.2) is 21.5 Å². The van der Waals surface area contributed by atoms with Gasteiger partial charge >= 0.3 is 0 Å². The molecule has 4 heteroatoms. The molecule has 0 aliphatic carbocycles. The molecular formula is C11H14N4. The number of rotatable bonds is 4. The first-order valence-electron chi connectivity index (χ1n) is 5.01. The van der Waals surface area contributed by atoms with Crippen molar-refractivity contribution in [1.82, 2.24) is 15.0 Å². The van der Waals surface area contributed by atoms with Crippen LogP contribution in [0.1, 0.15) is 11.3 Å². The Morgan fingerprint density at radius 2 is 2.00 bits per heavy atom. The normalized spacial score (nSPS) is 10.5. The average molecular weight is 202 g/mol. The highest BCUT2D eigenvalue weighted by Gasteiger charge is 2.00. The first-order valence-corrected chi connectivity index (χ1v) is 5.01. The molecule has 0 atom stereocenters. The van der Waals surface area contributed by atoms with Gasteiger partial charge in [0.15, 0.2) is 0 Å². The maximum atomic E-state index is 5.43. The van der Waals surface area contributed by atoms with Crippen molar-refractivity contribution in [1.29, 1.82) is 0 Å². The van der Waals surface area contributed by atoms with Crippen molar-refractivity contribution < 1.29 is 0 Å². The summed E-state index contributed by atoms with van der Waals surface area (Å²) in [4.78, 5) is 0. The van der Waals surface area contributed by atoms with Crippen molar-refractivity contribution in [3.63, 3.8) is 0 Å². The number of nitrogens with two attached hydrogens (primary N) is 1. The molecule has 0 fully saturated rings. The van der Waals surface area contributed by atoms with Crippen LogP contribution in [0.5, 0.6) is 0 Å². The molecule has 78 valence electrons. The smallest absolute Gasteiger partial charge is 0.0870 e. The van der Waals surface area contributed by atoms with E-state index in [2.05, 4.69) is 22.4 Å². The van der Waals surface area contributed by atoms with Gasteiger partial charge < -0.3 is 5.73 Å². The monoisotopic (exact) mass is 202 g/mol. The molecule has 0 bridgehead atoms. The summed E-state index contributed by atoms with van der Waals surface area (Å²) < 4.78 is 1.78. The van der Waals surface area contributed by atoms with Crippen molar-refractivity contribution in [2.24, 2.45) is 5.73 Å². The summed E-state index contributed by atoms with van der Waals surface area (Å²) in [6.45, 7) is 1.32. The highest BCUT2D eigenvalue weighted by molar-refractivity contribution is 5.19. The van der Waals surface area contributed by atoms with Crippen LogP contribution in [0.25, 0.3) is 0 Å². The first-order chi connectivity index (χ1) is 7.38. The molecule has 1 aromatic heterocycles. The molecular weight excluding hydrogens is 188 g/mol. The van der Waals surface area contributed by atoms with E-state index in [0.717, 1.165) is 18.7 Å². The molecule has 0 radical (unpaired) electrons. The minimum Gasteiger partial charge on any atom is -0.329 e. The molecule has 0 unspecified atom stereocenters. The molecule has 0 aliphatic rings. The fourth-order valence-electron chi connectivity index (χ4n) is 1.47. The highest BCUT2D eigenvalue weighted by Crippen LogP contribution is 2.05. The van der Waals surface area contributed by atoms with Crippen LogP contribution in [0.4, 0.5) is 0 Å². The lowest BCUT2D eigenvalue weighted by Gasteiger charge is -1.95. The van der Waals surface area contributed by atoms with Gasteiger partial charge in [-0.1, -0.05) is 35.5 Å². The summed E-state index contributed by atoms with van der Waals surface area (Å²) in [6, 6.07) is 10.2. The Hall–Kier alpha value is -1.68. The van der Waals surface area contributed by atoms with Crippen molar-refractivity contribution in [2.45, 2.75) is 13.0 Å². The molecule has 0 saturated carbocycles. The average Bonchev–Trinajstić information content (AvgIpc) is 2.68. The zero-order chi connectivity index (χ0) is 10.5. The molecule has 0 aliphatic heterocycles. The molecule has 0 amide bonds. The minimum atomic E-state index is 0.591. The fraction of sp³-hybridized carbons (Fsp3) is 0.273. The molecule has 2 aromatic rings. The van der Waals surface area contributed by atoms with Crippen molar-refractivity contribution >= 4 is 0 Å². The van der Waals surface area contributed by atoms with Crippen LogP contribution in [-0.2, 0) is 13.0 Å². The van der Waals surface area contributed by atoms with Gasteiger partial charge in [-0.25, -0.2) is 0 Å². The summed E-state index contributed by atoms with van der Waals surface area (Å²) >= 11 is 0. The molecule has 1 aromatic carbocycles. The number of nitrogens with zero attached hydrogens (tertiary/aromatic N) is 3. The summed E-state index contributed by atoms with van der Waals surface area (Å²) in [5.41, 5.74) is 7.66.